The third-order valence-electron chi connectivity index (χ3n) is 4.76. The monoisotopic (exact) mass is 452 g/mol. The summed E-state index contributed by atoms with van der Waals surface area (Å²) < 4.78 is 10.6. The zero-order chi connectivity index (χ0) is 22.7. The molecule has 1 aliphatic heterocycles. The van der Waals surface area contributed by atoms with Gasteiger partial charge in [-0.3, -0.25) is 9.59 Å². The van der Waals surface area contributed by atoms with Crippen LogP contribution in [0.4, 0.5) is 5.69 Å². The summed E-state index contributed by atoms with van der Waals surface area (Å²) >= 11 is 6.06. The van der Waals surface area contributed by atoms with Crippen LogP contribution < -0.4 is 20.1 Å². The number of benzene rings is 3. The van der Waals surface area contributed by atoms with Gasteiger partial charge in [0.15, 0.2) is 11.5 Å². The highest BCUT2D eigenvalue weighted by Gasteiger charge is 2.17. The predicted octanol–water partition coefficient (Wildman–Crippen LogP) is 3.95. The Hall–Kier alpha value is -4.04. The second kappa shape index (κ2) is 8.99. The molecule has 0 spiro atoms. The Morgan fingerprint density at radius 3 is 2.34 bits per heavy atom. The molecule has 9 heteroatoms. The first kappa shape index (κ1) is 21.2. The van der Waals surface area contributed by atoms with Gasteiger partial charge in [0.2, 0.25) is 6.79 Å². The van der Waals surface area contributed by atoms with Crippen LogP contribution >= 0.6 is 11.6 Å². The molecule has 3 aromatic carbocycles. The van der Waals surface area contributed by atoms with Crippen molar-refractivity contribution in [2.45, 2.75) is 6.54 Å². The van der Waals surface area contributed by atoms with Gasteiger partial charge in [-0.25, -0.2) is 4.79 Å². The Kier molecular flexibility index (Phi) is 5.96. The van der Waals surface area contributed by atoms with E-state index in [1.165, 1.54) is 36.4 Å². The molecule has 8 nitrogen and oxygen atoms in total. The van der Waals surface area contributed by atoms with Crippen molar-refractivity contribution in [1.82, 2.24) is 5.32 Å². The maximum atomic E-state index is 12.8. The number of amides is 2. The molecule has 0 aromatic heterocycles. The van der Waals surface area contributed by atoms with E-state index in [-0.39, 0.29) is 35.7 Å². The van der Waals surface area contributed by atoms with Gasteiger partial charge in [-0.2, -0.15) is 0 Å². The highest BCUT2D eigenvalue weighted by atomic mass is 35.5. The average Bonchev–Trinajstić information content (AvgIpc) is 3.26. The van der Waals surface area contributed by atoms with Crippen LogP contribution in [0.15, 0.2) is 60.7 Å². The van der Waals surface area contributed by atoms with Gasteiger partial charge in [0.05, 0.1) is 16.8 Å². The van der Waals surface area contributed by atoms with Crippen molar-refractivity contribution in [2.75, 3.05) is 12.1 Å². The third kappa shape index (κ3) is 4.65. The summed E-state index contributed by atoms with van der Waals surface area (Å²) in [4.78, 5) is 36.4. The standard InChI is InChI=1S/C23H17ClN2O6/c24-16-6-7-18(26-21(27)14-2-4-15(5-3-14)23(29)30)17(10-16)22(28)25-11-13-1-8-19-20(9-13)32-12-31-19/h1-10H,11-12H2,(H,25,28)(H,26,27)(H,29,30). The molecule has 1 heterocycles. The molecule has 0 aliphatic carbocycles. The Bertz CT molecular complexity index is 1210. The number of ether oxygens (including phenoxy) is 2. The lowest BCUT2D eigenvalue weighted by atomic mass is 10.1. The number of carbonyl (C=O) groups is 3. The Morgan fingerprint density at radius 2 is 1.59 bits per heavy atom. The van der Waals surface area contributed by atoms with Gasteiger partial charge in [-0.05, 0) is 60.2 Å². The Morgan fingerprint density at radius 1 is 0.875 bits per heavy atom. The van der Waals surface area contributed by atoms with Gasteiger partial charge in [-0.1, -0.05) is 17.7 Å². The normalized spacial score (nSPS) is 11.7. The summed E-state index contributed by atoms with van der Waals surface area (Å²) in [6.07, 6.45) is 0. The van der Waals surface area contributed by atoms with Crippen molar-refractivity contribution in [1.29, 1.82) is 0 Å². The second-order valence-electron chi connectivity index (χ2n) is 6.90. The SMILES string of the molecule is O=C(O)c1ccc(C(=O)Nc2ccc(Cl)cc2C(=O)NCc2ccc3c(c2)OCO3)cc1. The van der Waals surface area contributed by atoms with Crippen LogP contribution in [-0.2, 0) is 6.54 Å². The summed E-state index contributed by atoms with van der Waals surface area (Å²) in [7, 11) is 0. The molecule has 2 amide bonds. The van der Waals surface area contributed by atoms with Crippen LogP contribution in [0, 0.1) is 0 Å². The predicted molar refractivity (Wildman–Crippen MR) is 117 cm³/mol. The number of halogens is 1. The first-order valence-corrected chi connectivity index (χ1v) is 9.89. The summed E-state index contributed by atoms with van der Waals surface area (Å²) in [5.74, 6) is -0.746. The summed E-state index contributed by atoms with van der Waals surface area (Å²) in [5, 5.41) is 14.8. The number of carboxylic acids is 1. The van der Waals surface area contributed by atoms with Crippen LogP contribution in [0.25, 0.3) is 0 Å². The van der Waals surface area contributed by atoms with Crippen LogP contribution in [0.1, 0.15) is 36.6 Å². The van der Waals surface area contributed by atoms with Crippen LogP contribution in [0.2, 0.25) is 5.02 Å². The molecule has 0 atom stereocenters. The van der Waals surface area contributed by atoms with E-state index in [2.05, 4.69) is 10.6 Å². The molecule has 0 unspecified atom stereocenters. The lowest BCUT2D eigenvalue weighted by Crippen LogP contribution is -2.25. The molecule has 32 heavy (non-hydrogen) atoms. The number of carboxylic acid groups (broad SMARTS) is 1. The van der Waals surface area contributed by atoms with E-state index >= 15 is 0 Å². The minimum atomic E-state index is -1.09. The van der Waals surface area contributed by atoms with Crippen molar-refractivity contribution in [3.05, 3.63) is 87.9 Å². The minimum absolute atomic E-state index is 0.0663. The van der Waals surface area contributed by atoms with Gasteiger partial charge in [0, 0.05) is 17.1 Å². The molecule has 162 valence electrons. The molecule has 3 N–H and O–H groups in total. The van der Waals surface area contributed by atoms with Crippen LogP contribution in [0.3, 0.4) is 0 Å². The number of carbonyl (C=O) groups excluding carboxylic acids is 2. The van der Waals surface area contributed by atoms with Crippen molar-refractivity contribution in [3.8, 4) is 11.5 Å². The van der Waals surface area contributed by atoms with E-state index < -0.39 is 17.8 Å². The molecule has 0 radical (unpaired) electrons. The highest BCUT2D eigenvalue weighted by Crippen LogP contribution is 2.32. The second-order valence-corrected chi connectivity index (χ2v) is 7.33. The van der Waals surface area contributed by atoms with E-state index in [0.717, 1.165) is 5.56 Å². The highest BCUT2D eigenvalue weighted by molar-refractivity contribution is 6.31. The lowest BCUT2D eigenvalue weighted by Gasteiger charge is -2.12. The maximum absolute atomic E-state index is 12.8. The fraction of sp³-hybridized carbons (Fsp3) is 0.0870. The van der Waals surface area contributed by atoms with Gasteiger partial charge < -0.3 is 25.2 Å². The molecule has 4 rings (SSSR count). The van der Waals surface area contributed by atoms with E-state index in [4.69, 9.17) is 26.2 Å². The molecule has 0 fully saturated rings. The topological polar surface area (TPSA) is 114 Å². The number of nitrogens with one attached hydrogen (secondary N) is 2. The quantitative estimate of drug-likeness (QED) is 0.522. The average molecular weight is 453 g/mol. The molecule has 0 bridgehead atoms. The summed E-state index contributed by atoms with van der Waals surface area (Å²) in [6.45, 7) is 0.391. The molecular formula is C23H17ClN2O6. The van der Waals surface area contributed by atoms with E-state index in [1.807, 2.05) is 6.07 Å². The van der Waals surface area contributed by atoms with Crippen LogP contribution in [0.5, 0.6) is 11.5 Å². The third-order valence-corrected chi connectivity index (χ3v) is 4.99. The van der Waals surface area contributed by atoms with Crippen molar-refractivity contribution < 1.29 is 29.0 Å². The lowest BCUT2D eigenvalue weighted by molar-refractivity contribution is 0.0696. The Balaban J connectivity index is 1.48. The number of hydrogen-bond acceptors (Lipinski definition) is 5. The zero-order valence-electron chi connectivity index (χ0n) is 16.6. The fourth-order valence-corrected chi connectivity index (χ4v) is 3.27. The number of rotatable bonds is 6. The molecule has 1 aliphatic rings. The zero-order valence-corrected chi connectivity index (χ0v) is 17.3. The maximum Gasteiger partial charge on any atom is 0.335 e. The molecular weight excluding hydrogens is 436 g/mol. The number of hydrogen-bond donors (Lipinski definition) is 3. The number of fused-ring (bicyclic) bond motifs is 1. The largest absolute Gasteiger partial charge is 0.478 e. The van der Waals surface area contributed by atoms with Crippen molar-refractivity contribution >= 4 is 35.1 Å². The number of anilines is 1. The number of aromatic carboxylic acids is 1. The van der Waals surface area contributed by atoms with Crippen molar-refractivity contribution in [2.24, 2.45) is 0 Å². The Labute approximate surface area is 187 Å². The van der Waals surface area contributed by atoms with E-state index in [9.17, 15) is 14.4 Å². The molecule has 3 aromatic rings. The summed E-state index contributed by atoms with van der Waals surface area (Å²) in [6, 6.07) is 15.4. The van der Waals surface area contributed by atoms with Gasteiger partial charge in [0.1, 0.15) is 0 Å². The first-order chi connectivity index (χ1) is 15.4. The smallest absolute Gasteiger partial charge is 0.335 e. The molecule has 0 saturated carbocycles. The molecule has 0 saturated heterocycles. The van der Waals surface area contributed by atoms with Gasteiger partial charge in [0.25, 0.3) is 11.8 Å². The summed E-state index contributed by atoms with van der Waals surface area (Å²) in [5.41, 5.74) is 1.58. The minimum Gasteiger partial charge on any atom is -0.478 e. The van der Waals surface area contributed by atoms with Crippen molar-refractivity contribution in [3.63, 3.8) is 0 Å². The van der Waals surface area contributed by atoms with Gasteiger partial charge >= 0.3 is 5.97 Å². The van der Waals surface area contributed by atoms with Gasteiger partial charge in [-0.15, -0.1) is 0 Å². The van der Waals surface area contributed by atoms with E-state index in [0.29, 0.717) is 16.5 Å². The van der Waals surface area contributed by atoms with Crippen LogP contribution in [-0.4, -0.2) is 29.7 Å². The first-order valence-electron chi connectivity index (χ1n) is 9.52. The fourth-order valence-electron chi connectivity index (χ4n) is 3.10. The van der Waals surface area contributed by atoms with E-state index in [1.54, 1.807) is 18.2 Å².